The average Bonchev–Trinajstić information content (AvgIpc) is 2.56. The number of rotatable bonds is 4. The quantitative estimate of drug-likeness (QED) is 0.642. The fraction of sp³-hybridized carbons (Fsp3) is 0.500. The second-order valence-electron chi connectivity index (χ2n) is 7.45. The van der Waals surface area contributed by atoms with Crippen LogP contribution in [0.15, 0.2) is 36.0 Å². The van der Waals surface area contributed by atoms with Gasteiger partial charge in [0.15, 0.2) is 0 Å². The van der Waals surface area contributed by atoms with Gasteiger partial charge < -0.3 is 10.6 Å². The Kier molecular flexibility index (Phi) is 6.03. The maximum absolute atomic E-state index is 12.2. The molecule has 1 aromatic carbocycles. The molecule has 0 heterocycles. The van der Waals surface area contributed by atoms with Crippen molar-refractivity contribution in [3.63, 3.8) is 0 Å². The maximum Gasteiger partial charge on any atom is 0.263 e. The molecular formula is C20H27N3O. The molecule has 4 heteroatoms. The fourth-order valence-electron chi connectivity index (χ4n) is 2.88. The second-order valence-corrected chi connectivity index (χ2v) is 7.45. The van der Waals surface area contributed by atoms with Crippen molar-refractivity contribution in [3.05, 3.63) is 41.6 Å². The SMILES string of the molecule is CC(C)(C)c1ccc(N/C=C(/C#N)C(=O)NC2CCCCC2)cc1. The van der Waals surface area contributed by atoms with E-state index in [9.17, 15) is 10.1 Å². The molecule has 1 fully saturated rings. The topological polar surface area (TPSA) is 64.9 Å². The summed E-state index contributed by atoms with van der Waals surface area (Å²) in [5.41, 5.74) is 2.32. The van der Waals surface area contributed by atoms with Gasteiger partial charge in [0.25, 0.3) is 5.91 Å². The number of nitriles is 1. The third-order valence-electron chi connectivity index (χ3n) is 4.44. The van der Waals surface area contributed by atoms with E-state index in [4.69, 9.17) is 0 Å². The smallest absolute Gasteiger partial charge is 0.263 e. The van der Waals surface area contributed by atoms with Gasteiger partial charge in [-0.15, -0.1) is 0 Å². The number of hydrogen-bond acceptors (Lipinski definition) is 3. The van der Waals surface area contributed by atoms with Crippen molar-refractivity contribution in [3.8, 4) is 6.07 Å². The van der Waals surface area contributed by atoms with E-state index >= 15 is 0 Å². The van der Waals surface area contributed by atoms with Crippen molar-refractivity contribution >= 4 is 11.6 Å². The minimum atomic E-state index is -0.289. The lowest BCUT2D eigenvalue weighted by Crippen LogP contribution is -2.37. The van der Waals surface area contributed by atoms with E-state index in [1.807, 2.05) is 18.2 Å². The highest BCUT2D eigenvalue weighted by Gasteiger charge is 2.18. The number of nitrogens with zero attached hydrogens (tertiary/aromatic N) is 1. The molecule has 128 valence electrons. The van der Waals surface area contributed by atoms with Crippen molar-refractivity contribution in [2.45, 2.75) is 64.3 Å². The van der Waals surface area contributed by atoms with E-state index in [2.05, 4.69) is 43.5 Å². The molecule has 0 aliphatic heterocycles. The molecule has 4 nitrogen and oxygen atoms in total. The molecule has 1 aliphatic carbocycles. The van der Waals surface area contributed by atoms with Gasteiger partial charge in [-0.3, -0.25) is 4.79 Å². The third-order valence-corrected chi connectivity index (χ3v) is 4.44. The zero-order chi connectivity index (χ0) is 17.6. The molecule has 1 aromatic rings. The molecular weight excluding hydrogens is 298 g/mol. The van der Waals surface area contributed by atoms with Crippen molar-refractivity contribution < 1.29 is 4.79 Å². The van der Waals surface area contributed by atoms with Gasteiger partial charge in [0.05, 0.1) is 0 Å². The molecule has 2 N–H and O–H groups in total. The number of benzene rings is 1. The summed E-state index contributed by atoms with van der Waals surface area (Å²) in [6.45, 7) is 6.50. The molecule has 0 bridgehead atoms. The molecule has 1 aliphatic rings. The first kappa shape index (κ1) is 18.1. The Morgan fingerprint density at radius 1 is 1.17 bits per heavy atom. The summed E-state index contributed by atoms with van der Waals surface area (Å²) in [6, 6.07) is 10.2. The van der Waals surface area contributed by atoms with Crippen LogP contribution < -0.4 is 10.6 Å². The highest BCUT2D eigenvalue weighted by Crippen LogP contribution is 2.23. The van der Waals surface area contributed by atoms with Crippen LogP contribution in [0.4, 0.5) is 5.69 Å². The second kappa shape index (κ2) is 8.01. The van der Waals surface area contributed by atoms with Gasteiger partial charge in [-0.1, -0.05) is 52.2 Å². The van der Waals surface area contributed by atoms with E-state index in [-0.39, 0.29) is 22.9 Å². The highest BCUT2D eigenvalue weighted by molar-refractivity contribution is 5.97. The predicted molar refractivity (Wildman–Crippen MR) is 97.5 cm³/mol. The first-order valence-corrected chi connectivity index (χ1v) is 8.68. The molecule has 2 rings (SSSR count). The van der Waals surface area contributed by atoms with Gasteiger partial charge in [-0.05, 0) is 36.0 Å². The Morgan fingerprint density at radius 2 is 1.79 bits per heavy atom. The Balaban J connectivity index is 1.97. The highest BCUT2D eigenvalue weighted by atomic mass is 16.1. The van der Waals surface area contributed by atoms with E-state index in [0.717, 1.165) is 31.4 Å². The number of carbonyl (C=O) groups is 1. The van der Waals surface area contributed by atoms with Gasteiger partial charge >= 0.3 is 0 Å². The summed E-state index contributed by atoms with van der Waals surface area (Å²) in [5.74, 6) is -0.289. The number of carbonyl (C=O) groups excluding carboxylic acids is 1. The van der Waals surface area contributed by atoms with Crippen molar-refractivity contribution in [1.29, 1.82) is 5.26 Å². The van der Waals surface area contributed by atoms with Gasteiger partial charge in [-0.25, -0.2) is 0 Å². The molecule has 0 atom stereocenters. The molecule has 0 aromatic heterocycles. The predicted octanol–water partition coefficient (Wildman–Crippen LogP) is 4.25. The number of anilines is 1. The third kappa shape index (κ3) is 5.13. The lowest BCUT2D eigenvalue weighted by molar-refractivity contribution is -0.118. The molecule has 1 saturated carbocycles. The summed E-state index contributed by atoms with van der Waals surface area (Å²) in [7, 11) is 0. The van der Waals surface area contributed by atoms with Crippen LogP contribution in [0, 0.1) is 11.3 Å². The summed E-state index contributed by atoms with van der Waals surface area (Å²) in [4.78, 5) is 12.2. The Morgan fingerprint density at radius 3 is 2.33 bits per heavy atom. The fourth-order valence-corrected chi connectivity index (χ4v) is 2.88. The van der Waals surface area contributed by atoms with Crippen LogP contribution in [-0.2, 0) is 10.2 Å². The Labute approximate surface area is 144 Å². The van der Waals surface area contributed by atoms with E-state index in [1.165, 1.54) is 18.2 Å². The van der Waals surface area contributed by atoms with Crippen LogP contribution >= 0.6 is 0 Å². The summed E-state index contributed by atoms with van der Waals surface area (Å²) < 4.78 is 0. The van der Waals surface area contributed by atoms with Gasteiger partial charge in [0, 0.05) is 17.9 Å². The van der Waals surface area contributed by atoms with Crippen LogP contribution in [0.25, 0.3) is 0 Å². The van der Waals surface area contributed by atoms with Crippen LogP contribution in [0.2, 0.25) is 0 Å². The molecule has 0 saturated heterocycles. The first-order chi connectivity index (χ1) is 11.4. The number of amides is 1. The zero-order valence-corrected chi connectivity index (χ0v) is 14.9. The zero-order valence-electron chi connectivity index (χ0n) is 14.9. The van der Waals surface area contributed by atoms with Crippen LogP contribution in [-0.4, -0.2) is 11.9 Å². The molecule has 0 unspecified atom stereocenters. The maximum atomic E-state index is 12.2. The van der Waals surface area contributed by atoms with Crippen molar-refractivity contribution in [1.82, 2.24) is 5.32 Å². The summed E-state index contributed by atoms with van der Waals surface area (Å²) >= 11 is 0. The standard InChI is InChI=1S/C20H27N3O/c1-20(2,3)16-9-11-17(12-10-16)22-14-15(13-21)19(24)23-18-7-5-4-6-8-18/h9-12,14,18,22H,4-8H2,1-3H3,(H,23,24)/b15-14-. The molecule has 1 amide bonds. The lowest BCUT2D eigenvalue weighted by atomic mass is 9.87. The van der Waals surface area contributed by atoms with Crippen molar-refractivity contribution in [2.24, 2.45) is 0 Å². The first-order valence-electron chi connectivity index (χ1n) is 8.68. The number of hydrogen-bond donors (Lipinski definition) is 2. The van der Waals surface area contributed by atoms with Gasteiger partial charge in [0.2, 0.25) is 0 Å². The summed E-state index contributed by atoms with van der Waals surface area (Å²) in [5, 5.41) is 15.2. The molecule has 0 radical (unpaired) electrons. The van der Waals surface area contributed by atoms with E-state index in [0.29, 0.717) is 0 Å². The minimum absolute atomic E-state index is 0.103. The molecule has 0 spiro atoms. The minimum Gasteiger partial charge on any atom is -0.360 e. The largest absolute Gasteiger partial charge is 0.360 e. The summed E-state index contributed by atoms with van der Waals surface area (Å²) in [6.07, 6.45) is 7.03. The molecule has 24 heavy (non-hydrogen) atoms. The number of nitrogens with one attached hydrogen (secondary N) is 2. The average molecular weight is 325 g/mol. The van der Waals surface area contributed by atoms with Crippen molar-refractivity contribution in [2.75, 3.05) is 5.32 Å². The van der Waals surface area contributed by atoms with Crippen LogP contribution in [0.1, 0.15) is 58.4 Å². The normalized spacial score (nSPS) is 16.3. The van der Waals surface area contributed by atoms with Crippen LogP contribution in [0.3, 0.4) is 0 Å². The Bertz CT molecular complexity index is 626. The van der Waals surface area contributed by atoms with E-state index < -0.39 is 0 Å². The lowest BCUT2D eigenvalue weighted by Gasteiger charge is -2.22. The van der Waals surface area contributed by atoms with Gasteiger partial charge in [0.1, 0.15) is 11.6 Å². The van der Waals surface area contributed by atoms with Crippen LogP contribution in [0.5, 0.6) is 0 Å². The van der Waals surface area contributed by atoms with Gasteiger partial charge in [-0.2, -0.15) is 5.26 Å². The monoisotopic (exact) mass is 325 g/mol. The van der Waals surface area contributed by atoms with E-state index in [1.54, 1.807) is 0 Å². The Hall–Kier alpha value is -2.28.